The summed E-state index contributed by atoms with van der Waals surface area (Å²) < 4.78 is 46.8. The molecule has 1 unspecified atom stereocenters. The summed E-state index contributed by atoms with van der Waals surface area (Å²) in [6, 6.07) is 7.05. The molecule has 2 bridgehead atoms. The van der Waals surface area contributed by atoms with Crippen LogP contribution in [0.5, 0.6) is 0 Å². The summed E-state index contributed by atoms with van der Waals surface area (Å²) in [5.74, 6) is -1.97. The number of carbonyl (C=O) groups excluding carboxylic acids is 3. The van der Waals surface area contributed by atoms with Gasteiger partial charge in [-0.2, -0.15) is 8.42 Å². The summed E-state index contributed by atoms with van der Waals surface area (Å²) in [4.78, 5) is 37.3. The lowest BCUT2D eigenvalue weighted by atomic mass is 9.70. The van der Waals surface area contributed by atoms with Crippen LogP contribution in [0, 0.1) is 16.7 Å². The van der Waals surface area contributed by atoms with Gasteiger partial charge in [0.2, 0.25) is 0 Å². The molecule has 0 saturated heterocycles. The highest BCUT2D eigenvalue weighted by atomic mass is 35.5. The monoisotopic (exact) mass is 658 g/mol. The molecule has 4 rings (SSSR count). The van der Waals surface area contributed by atoms with E-state index in [1.54, 1.807) is 38.1 Å². The van der Waals surface area contributed by atoms with Crippen LogP contribution in [0.4, 0.5) is 0 Å². The molecule has 3 aliphatic rings. The minimum absolute atomic E-state index is 0. The Bertz CT molecular complexity index is 1420. The van der Waals surface area contributed by atoms with Crippen molar-refractivity contribution in [2.45, 2.75) is 52.9 Å². The van der Waals surface area contributed by atoms with Crippen molar-refractivity contribution in [3.8, 4) is 0 Å². The number of rotatable bonds is 10. The second kappa shape index (κ2) is 15.0. The molecule has 44 heavy (non-hydrogen) atoms. The maximum atomic E-state index is 12.9. The van der Waals surface area contributed by atoms with Crippen LogP contribution in [0.2, 0.25) is 5.02 Å². The average Bonchev–Trinajstić information content (AvgIpc) is 3.26. The Balaban J connectivity index is 0.000000355. The lowest BCUT2D eigenvalue weighted by Gasteiger charge is -2.35. The van der Waals surface area contributed by atoms with Gasteiger partial charge in [-0.15, -0.1) is 0 Å². The molecule has 3 atom stereocenters. The third-order valence-corrected chi connectivity index (χ3v) is 10.0. The van der Waals surface area contributed by atoms with Gasteiger partial charge in [-0.25, -0.2) is 9.59 Å². The van der Waals surface area contributed by atoms with E-state index in [4.69, 9.17) is 36.1 Å². The highest BCUT2D eigenvalue weighted by Gasteiger charge is 2.65. The second-order valence-corrected chi connectivity index (χ2v) is 13.3. The van der Waals surface area contributed by atoms with E-state index in [2.05, 4.69) is 5.32 Å². The van der Waals surface area contributed by atoms with Crippen LogP contribution in [0.3, 0.4) is 0 Å². The van der Waals surface area contributed by atoms with E-state index >= 15 is 0 Å². The molecule has 0 spiro atoms. The van der Waals surface area contributed by atoms with Crippen LogP contribution in [0.25, 0.3) is 0 Å². The molecule has 14 heteroatoms. The first-order valence-electron chi connectivity index (χ1n) is 14.1. The average molecular weight is 659 g/mol. The van der Waals surface area contributed by atoms with E-state index in [1.807, 2.05) is 13.8 Å². The quantitative estimate of drug-likeness (QED) is 0.189. The lowest BCUT2D eigenvalue weighted by molar-refractivity contribution is -0.139. The first-order chi connectivity index (χ1) is 20.1. The van der Waals surface area contributed by atoms with E-state index in [-0.39, 0.29) is 41.4 Å². The number of Topliss-reactive ketones (excluding diaryl/α,β-unsaturated/α-hetero) is 1. The van der Waals surface area contributed by atoms with Crippen molar-refractivity contribution in [1.82, 2.24) is 5.32 Å². The Kier molecular flexibility index (Phi) is 12.7. The molecule has 0 radical (unpaired) electrons. The maximum absolute atomic E-state index is 12.9. The molecule has 0 amide bonds. The molecule has 2 fully saturated rings. The number of ketones is 1. The SMILES string of the molecule is CC1(C)[C@@H]2CC[C@@]1(CS(=O)(=O)O)C(=O)C2.CCOC(=O)C1=C(COCCN)NC(C)=C(C(=O)OC)C1c1ccccc1Cl.O. The van der Waals surface area contributed by atoms with Gasteiger partial charge in [-0.3, -0.25) is 9.35 Å². The highest BCUT2D eigenvalue weighted by Crippen LogP contribution is 2.64. The van der Waals surface area contributed by atoms with Crippen LogP contribution in [0.15, 0.2) is 46.8 Å². The summed E-state index contributed by atoms with van der Waals surface area (Å²) in [6.07, 6.45) is 1.97. The van der Waals surface area contributed by atoms with Crippen molar-refractivity contribution in [2.24, 2.45) is 22.5 Å². The van der Waals surface area contributed by atoms with Gasteiger partial charge in [0, 0.05) is 23.7 Å². The summed E-state index contributed by atoms with van der Waals surface area (Å²) in [7, 11) is -2.78. The largest absolute Gasteiger partial charge is 0.466 e. The van der Waals surface area contributed by atoms with Gasteiger partial charge < -0.3 is 30.7 Å². The molecule has 1 aromatic carbocycles. The van der Waals surface area contributed by atoms with Gasteiger partial charge in [0.15, 0.2) is 0 Å². The van der Waals surface area contributed by atoms with Crippen molar-refractivity contribution in [1.29, 1.82) is 0 Å². The Morgan fingerprint density at radius 1 is 1.18 bits per heavy atom. The van der Waals surface area contributed by atoms with Crippen molar-refractivity contribution >= 4 is 39.4 Å². The zero-order valence-electron chi connectivity index (χ0n) is 25.7. The number of halogens is 1. The normalized spacial score (nSPS) is 23.8. The zero-order chi connectivity index (χ0) is 32.2. The number of allylic oxidation sites excluding steroid dienone is 1. The van der Waals surface area contributed by atoms with Crippen molar-refractivity contribution in [3.63, 3.8) is 0 Å². The summed E-state index contributed by atoms with van der Waals surface area (Å²) >= 11 is 6.42. The molecule has 1 aromatic rings. The molecule has 2 saturated carbocycles. The fraction of sp³-hybridized carbons (Fsp3) is 0.567. The zero-order valence-corrected chi connectivity index (χ0v) is 27.3. The molecule has 1 aliphatic heterocycles. The van der Waals surface area contributed by atoms with Crippen LogP contribution in [-0.2, 0) is 38.7 Å². The lowest BCUT2D eigenvalue weighted by Crippen LogP contribution is -2.42. The van der Waals surface area contributed by atoms with Crippen molar-refractivity contribution < 1.29 is 47.0 Å². The number of fused-ring (bicyclic) bond motifs is 2. The number of benzene rings is 1. The Labute approximate surface area is 263 Å². The van der Waals surface area contributed by atoms with Crippen LogP contribution < -0.4 is 11.1 Å². The number of hydrogen-bond acceptors (Lipinski definition) is 10. The predicted molar refractivity (Wildman–Crippen MR) is 164 cm³/mol. The van der Waals surface area contributed by atoms with Gasteiger partial charge in [0.25, 0.3) is 10.1 Å². The number of nitrogens with one attached hydrogen (secondary N) is 1. The van der Waals surface area contributed by atoms with Crippen molar-refractivity contribution in [2.75, 3.05) is 39.2 Å². The molecular weight excluding hydrogens is 616 g/mol. The number of nitrogens with two attached hydrogens (primary N) is 1. The number of dihydropyridines is 1. The van der Waals surface area contributed by atoms with Crippen molar-refractivity contribution in [3.05, 3.63) is 57.4 Å². The molecule has 0 aromatic heterocycles. The first-order valence-corrected chi connectivity index (χ1v) is 16.1. The van der Waals surface area contributed by atoms with Crippen LogP contribution in [0.1, 0.15) is 58.4 Å². The van der Waals surface area contributed by atoms with E-state index in [1.165, 1.54) is 7.11 Å². The smallest absolute Gasteiger partial charge is 0.336 e. The Morgan fingerprint density at radius 3 is 2.34 bits per heavy atom. The molecular formula is C30H43ClN2O10S. The fourth-order valence-corrected chi connectivity index (χ4v) is 8.08. The minimum atomic E-state index is -4.08. The number of esters is 2. The van der Waals surface area contributed by atoms with E-state index in [0.29, 0.717) is 53.5 Å². The number of ether oxygens (including phenoxy) is 3. The maximum Gasteiger partial charge on any atom is 0.336 e. The van der Waals surface area contributed by atoms with Gasteiger partial charge in [-0.05, 0) is 49.7 Å². The third-order valence-electron chi connectivity index (χ3n) is 8.84. The molecule has 12 nitrogen and oxygen atoms in total. The Hall–Kier alpha value is -2.81. The van der Waals surface area contributed by atoms with Gasteiger partial charge >= 0.3 is 11.9 Å². The molecule has 246 valence electrons. The number of carbonyl (C=O) groups is 3. The second-order valence-electron chi connectivity index (χ2n) is 11.5. The standard InChI is InChI=1S/C20H25ClN2O5.C10H16O4S.H2O/c1-4-28-20(25)18-15(11-27-10-9-22)23-12(2)16(19(24)26-3)17(18)13-7-5-6-8-14(13)21;1-9(2)7-3-4-10(9,8(11)5-7)6-15(12,13)14;/h5-8,17,23H,4,9-11,22H2,1-3H3;7H,3-6H2,1-2H3,(H,12,13,14);1H2/t;7-,10-;/m.1./s1. The Morgan fingerprint density at radius 2 is 1.84 bits per heavy atom. The predicted octanol–water partition coefficient (Wildman–Crippen LogP) is 2.71. The number of methoxy groups -OCH3 is 1. The van der Waals surface area contributed by atoms with E-state index in [9.17, 15) is 22.8 Å². The summed E-state index contributed by atoms with van der Waals surface area (Å²) in [5.41, 5.74) is 6.58. The van der Waals surface area contributed by atoms with E-state index in [0.717, 1.165) is 6.42 Å². The molecule has 2 aliphatic carbocycles. The third kappa shape index (κ3) is 7.52. The van der Waals surface area contributed by atoms with Gasteiger partial charge in [0.1, 0.15) is 5.78 Å². The first kappa shape index (κ1) is 37.4. The van der Waals surface area contributed by atoms with Crippen LogP contribution >= 0.6 is 11.6 Å². The van der Waals surface area contributed by atoms with Gasteiger partial charge in [0.05, 0.1) is 60.9 Å². The molecule has 6 N–H and O–H groups in total. The van der Waals surface area contributed by atoms with Crippen LogP contribution in [-0.4, -0.2) is 75.4 Å². The number of hydrogen-bond donors (Lipinski definition) is 3. The van der Waals surface area contributed by atoms with E-state index < -0.39 is 39.1 Å². The topological polar surface area (TPSA) is 203 Å². The summed E-state index contributed by atoms with van der Waals surface area (Å²) in [6.45, 7) is 8.31. The minimum Gasteiger partial charge on any atom is -0.466 e. The highest BCUT2D eigenvalue weighted by molar-refractivity contribution is 7.85. The fourth-order valence-electron chi connectivity index (χ4n) is 6.54. The molecule has 1 heterocycles. The van der Waals surface area contributed by atoms with Gasteiger partial charge in [-0.1, -0.05) is 43.6 Å². The summed E-state index contributed by atoms with van der Waals surface area (Å²) in [5, 5.41) is 3.52.